The number of carbonyl (C=O) groups is 1. The van der Waals surface area contributed by atoms with Crippen molar-refractivity contribution in [1.29, 1.82) is 0 Å². The average molecular weight is 453 g/mol. The molecule has 1 fully saturated rings. The third-order valence-electron chi connectivity index (χ3n) is 5.45. The van der Waals surface area contributed by atoms with Crippen LogP contribution in [0.2, 0.25) is 0 Å². The summed E-state index contributed by atoms with van der Waals surface area (Å²) < 4.78 is 2.42. The molecule has 2 N–H and O–H groups in total. The van der Waals surface area contributed by atoms with Gasteiger partial charge in [0.25, 0.3) is 0 Å². The third kappa shape index (κ3) is 3.02. The van der Waals surface area contributed by atoms with E-state index >= 15 is 0 Å². The van der Waals surface area contributed by atoms with E-state index in [1.807, 2.05) is 30.3 Å². The molecule has 9 heteroatoms. The Morgan fingerprint density at radius 1 is 1.31 bits per heavy atom. The first-order chi connectivity index (χ1) is 13.9. The molecular formula is C20H17BrN6O2. The molecule has 0 atom stereocenters. The summed E-state index contributed by atoms with van der Waals surface area (Å²) in [6, 6.07) is 9.86. The van der Waals surface area contributed by atoms with E-state index in [-0.39, 0.29) is 6.04 Å². The van der Waals surface area contributed by atoms with Gasteiger partial charge in [0.2, 0.25) is 5.95 Å². The zero-order valence-electron chi connectivity index (χ0n) is 15.5. The van der Waals surface area contributed by atoms with Gasteiger partial charge in [-0.05, 0) is 60.0 Å². The lowest BCUT2D eigenvalue weighted by Crippen LogP contribution is -2.48. The summed E-state index contributed by atoms with van der Waals surface area (Å²) in [6.45, 7) is 1.76. The van der Waals surface area contributed by atoms with Crippen LogP contribution in [0.15, 0.2) is 47.3 Å². The van der Waals surface area contributed by atoms with E-state index in [9.17, 15) is 9.90 Å². The number of anilines is 1. The maximum Gasteiger partial charge on any atom is 0.309 e. The molecule has 0 amide bonds. The second-order valence-corrected chi connectivity index (χ2v) is 8.38. The van der Waals surface area contributed by atoms with Crippen molar-refractivity contribution in [2.75, 3.05) is 5.32 Å². The number of nitrogens with zero attached hydrogens (tertiary/aromatic N) is 5. The fraction of sp³-hybridized carbons (Fsp3) is 0.250. The van der Waals surface area contributed by atoms with Gasteiger partial charge in [0.15, 0.2) is 5.65 Å². The quantitative estimate of drug-likeness (QED) is 0.484. The van der Waals surface area contributed by atoms with Gasteiger partial charge in [-0.2, -0.15) is 10.1 Å². The Morgan fingerprint density at radius 3 is 2.93 bits per heavy atom. The van der Waals surface area contributed by atoms with Crippen LogP contribution in [0, 0.1) is 5.41 Å². The zero-order valence-corrected chi connectivity index (χ0v) is 17.1. The molecule has 1 aliphatic carbocycles. The molecule has 1 saturated carbocycles. The van der Waals surface area contributed by atoms with Gasteiger partial charge < -0.3 is 10.4 Å². The molecule has 1 aliphatic rings. The molecule has 0 bridgehead atoms. The average Bonchev–Trinajstić information content (AvgIpc) is 3.02. The van der Waals surface area contributed by atoms with Crippen LogP contribution in [0.3, 0.4) is 0 Å². The summed E-state index contributed by atoms with van der Waals surface area (Å²) >= 11 is 3.49. The van der Waals surface area contributed by atoms with Gasteiger partial charge in [-0.1, -0.05) is 6.07 Å². The van der Waals surface area contributed by atoms with E-state index in [0.717, 1.165) is 22.0 Å². The lowest BCUT2D eigenvalue weighted by Gasteiger charge is -2.41. The Kier molecular flexibility index (Phi) is 4.02. The molecule has 3 aromatic heterocycles. The number of carboxylic acid groups (broad SMARTS) is 1. The predicted molar refractivity (Wildman–Crippen MR) is 112 cm³/mol. The number of benzene rings is 1. The van der Waals surface area contributed by atoms with Crippen LogP contribution in [-0.4, -0.2) is 41.9 Å². The number of carboxylic acids is 1. The molecule has 1 aromatic carbocycles. The highest BCUT2D eigenvalue weighted by Crippen LogP contribution is 2.42. The van der Waals surface area contributed by atoms with Gasteiger partial charge in [-0.15, -0.1) is 0 Å². The molecule has 29 heavy (non-hydrogen) atoms. The number of hydrogen-bond acceptors (Lipinski definition) is 6. The Bertz CT molecular complexity index is 1260. The number of aromatic nitrogens is 5. The number of nitrogens with one attached hydrogen (secondary N) is 1. The van der Waals surface area contributed by atoms with Crippen molar-refractivity contribution in [1.82, 2.24) is 24.7 Å². The van der Waals surface area contributed by atoms with E-state index in [1.54, 1.807) is 24.0 Å². The number of pyridine rings is 1. The van der Waals surface area contributed by atoms with Crippen molar-refractivity contribution in [2.45, 2.75) is 25.8 Å². The SMILES string of the molecule is C[C@]1(C(=O)O)C[C@H](Nc2ncc3c(Br)nn(-c4ccc5ncccc5c4)c3n2)C1. The first kappa shape index (κ1) is 18.0. The van der Waals surface area contributed by atoms with E-state index in [2.05, 4.69) is 41.3 Å². The van der Waals surface area contributed by atoms with E-state index in [4.69, 9.17) is 0 Å². The van der Waals surface area contributed by atoms with Crippen LogP contribution < -0.4 is 5.32 Å². The summed E-state index contributed by atoms with van der Waals surface area (Å²) in [5, 5.41) is 18.9. The number of aliphatic carboxylic acids is 1. The minimum atomic E-state index is -0.764. The standard InChI is InChI=1S/C20H17BrN6O2/c1-20(18(28)29)8-12(9-20)24-19-23-10-14-16(21)26-27(17(14)25-19)13-4-5-15-11(7-13)3-2-6-22-15/h2-7,10,12H,8-9H2,1H3,(H,28,29)(H,23,24,25)/t12-,20-. The van der Waals surface area contributed by atoms with E-state index < -0.39 is 11.4 Å². The minimum absolute atomic E-state index is 0.0418. The maximum absolute atomic E-state index is 11.3. The smallest absolute Gasteiger partial charge is 0.309 e. The van der Waals surface area contributed by atoms with Crippen molar-refractivity contribution < 1.29 is 9.90 Å². The normalized spacial score (nSPS) is 21.2. The number of hydrogen-bond donors (Lipinski definition) is 2. The highest BCUT2D eigenvalue weighted by atomic mass is 79.9. The Morgan fingerprint density at radius 2 is 2.14 bits per heavy atom. The maximum atomic E-state index is 11.3. The number of fused-ring (bicyclic) bond motifs is 2. The molecule has 0 aliphatic heterocycles. The molecule has 0 radical (unpaired) electrons. The van der Waals surface area contributed by atoms with Gasteiger partial charge >= 0.3 is 5.97 Å². The molecule has 4 aromatic rings. The third-order valence-corrected chi connectivity index (χ3v) is 6.04. The summed E-state index contributed by atoms with van der Waals surface area (Å²) in [6.07, 6.45) is 4.58. The first-order valence-electron chi connectivity index (χ1n) is 9.19. The van der Waals surface area contributed by atoms with Gasteiger partial charge in [0.05, 0.1) is 22.0 Å². The Balaban J connectivity index is 1.50. The molecule has 0 saturated heterocycles. The highest BCUT2D eigenvalue weighted by Gasteiger charge is 2.46. The van der Waals surface area contributed by atoms with Gasteiger partial charge in [0, 0.05) is 23.8 Å². The molecule has 3 heterocycles. The van der Waals surface area contributed by atoms with Crippen LogP contribution in [0.4, 0.5) is 5.95 Å². The lowest BCUT2D eigenvalue weighted by molar-refractivity contribution is -0.153. The largest absolute Gasteiger partial charge is 0.481 e. The summed E-state index contributed by atoms with van der Waals surface area (Å²) in [7, 11) is 0. The topological polar surface area (TPSA) is 106 Å². The van der Waals surface area contributed by atoms with Gasteiger partial charge in [0.1, 0.15) is 4.60 Å². The van der Waals surface area contributed by atoms with Crippen LogP contribution in [-0.2, 0) is 4.79 Å². The van der Waals surface area contributed by atoms with E-state index in [0.29, 0.717) is 29.0 Å². The molecule has 5 rings (SSSR count). The van der Waals surface area contributed by atoms with Crippen LogP contribution >= 0.6 is 15.9 Å². The van der Waals surface area contributed by atoms with E-state index in [1.165, 1.54) is 0 Å². The molecule has 146 valence electrons. The van der Waals surface area contributed by atoms with Crippen LogP contribution in [0.1, 0.15) is 19.8 Å². The second-order valence-electron chi connectivity index (χ2n) is 7.63. The fourth-order valence-electron chi connectivity index (χ4n) is 3.80. The van der Waals surface area contributed by atoms with Crippen molar-refractivity contribution in [3.63, 3.8) is 0 Å². The van der Waals surface area contributed by atoms with Gasteiger partial charge in [-0.3, -0.25) is 9.78 Å². The van der Waals surface area contributed by atoms with Crippen molar-refractivity contribution in [2.24, 2.45) is 5.41 Å². The second kappa shape index (κ2) is 6.48. The predicted octanol–water partition coefficient (Wildman–Crippen LogP) is 3.79. The molecular weight excluding hydrogens is 436 g/mol. The van der Waals surface area contributed by atoms with Gasteiger partial charge in [-0.25, -0.2) is 9.67 Å². The highest BCUT2D eigenvalue weighted by molar-refractivity contribution is 9.10. The lowest BCUT2D eigenvalue weighted by atomic mass is 9.67. The Labute approximate surface area is 174 Å². The molecule has 0 spiro atoms. The summed E-state index contributed by atoms with van der Waals surface area (Å²) in [4.78, 5) is 24.7. The minimum Gasteiger partial charge on any atom is -0.481 e. The fourth-order valence-corrected chi connectivity index (χ4v) is 4.24. The van der Waals surface area contributed by atoms with Crippen molar-refractivity contribution in [3.05, 3.63) is 47.3 Å². The number of rotatable bonds is 4. The van der Waals surface area contributed by atoms with Crippen molar-refractivity contribution in [3.8, 4) is 5.69 Å². The summed E-state index contributed by atoms with van der Waals surface area (Å²) in [5.74, 6) is -0.300. The first-order valence-corrected chi connectivity index (χ1v) is 9.99. The monoisotopic (exact) mass is 452 g/mol. The van der Waals surface area contributed by atoms with Crippen LogP contribution in [0.5, 0.6) is 0 Å². The molecule has 8 nitrogen and oxygen atoms in total. The molecule has 0 unspecified atom stereocenters. The Hall–Kier alpha value is -3.07. The zero-order chi connectivity index (χ0) is 20.2. The number of halogens is 1. The van der Waals surface area contributed by atoms with Crippen LogP contribution in [0.25, 0.3) is 27.6 Å². The summed E-state index contributed by atoms with van der Waals surface area (Å²) in [5.41, 5.74) is 1.77. The van der Waals surface area contributed by atoms with Crippen molar-refractivity contribution >= 4 is 49.8 Å².